The van der Waals surface area contributed by atoms with Gasteiger partial charge in [0.1, 0.15) is 5.82 Å². The average molecular weight is 273 g/mol. The Morgan fingerprint density at radius 3 is 2.30 bits per heavy atom. The summed E-state index contributed by atoms with van der Waals surface area (Å²) in [6.45, 7) is 0.670. The predicted octanol–water partition coefficient (Wildman–Crippen LogP) is 2.56. The molecule has 0 heterocycles. The summed E-state index contributed by atoms with van der Waals surface area (Å²) in [5.74, 6) is -0.155. The van der Waals surface area contributed by atoms with E-state index >= 15 is 0 Å². The molecule has 0 fully saturated rings. The van der Waals surface area contributed by atoms with E-state index in [-0.39, 0.29) is 11.7 Å². The van der Waals surface area contributed by atoms with Crippen molar-refractivity contribution >= 4 is 11.5 Å². The van der Waals surface area contributed by atoms with Crippen LogP contribution in [0.1, 0.15) is 11.1 Å². The highest BCUT2D eigenvalue weighted by Gasteiger charge is 2.04. The predicted molar refractivity (Wildman–Crippen MR) is 77.5 cm³/mol. The first-order valence-corrected chi connectivity index (χ1v) is 6.13. The van der Waals surface area contributed by atoms with Gasteiger partial charge in [-0.05, 0) is 42.0 Å². The molecule has 2 aromatic carbocycles. The van der Waals surface area contributed by atoms with Crippen LogP contribution in [-0.4, -0.2) is 18.1 Å². The van der Waals surface area contributed by atoms with Gasteiger partial charge in [0, 0.05) is 24.8 Å². The molecule has 0 radical (unpaired) electrons. The van der Waals surface area contributed by atoms with Crippen molar-refractivity contribution in [3.8, 4) is 0 Å². The van der Waals surface area contributed by atoms with Gasteiger partial charge in [-0.2, -0.15) is 0 Å². The summed E-state index contributed by atoms with van der Waals surface area (Å²) in [5.41, 5.74) is 8.18. The Hall–Kier alpha value is -2.56. The number of halogens is 1. The molecule has 0 unspecified atom stereocenters. The number of nitrogens with zero attached hydrogens (tertiary/aromatic N) is 2. The van der Waals surface area contributed by atoms with Gasteiger partial charge in [0.2, 0.25) is 0 Å². The van der Waals surface area contributed by atoms with Gasteiger partial charge >= 0.3 is 0 Å². The number of anilines is 1. The molecule has 0 aromatic heterocycles. The van der Waals surface area contributed by atoms with Crippen molar-refractivity contribution in [3.05, 3.63) is 65.5 Å². The maximum absolute atomic E-state index is 12.8. The molecule has 0 spiro atoms. The molecule has 104 valence electrons. The molecule has 5 heteroatoms. The monoisotopic (exact) mass is 273 g/mol. The number of oxime groups is 1. The second-order valence-electron chi connectivity index (χ2n) is 4.51. The van der Waals surface area contributed by atoms with Crippen LogP contribution in [0.15, 0.2) is 53.7 Å². The van der Waals surface area contributed by atoms with E-state index in [1.165, 1.54) is 12.1 Å². The van der Waals surface area contributed by atoms with E-state index in [4.69, 9.17) is 10.9 Å². The third-order valence-electron chi connectivity index (χ3n) is 3.04. The second kappa shape index (κ2) is 6.06. The van der Waals surface area contributed by atoms with Gasteiger partial charge in [-0.3, -0.25) is 0 Å². The lowest BCUT2D eigenvalue weighted by atomic mass is 10.1. The highest BCUT2D eigenvalue weighted by molar-refractivity contribution is 5.97. The van der Waals surface area contributed by atoms with E-state index in [0.717, 1.165) is 11.3 Å². The number of hydrogen-bond acceptors (Lipinski definition) is 3. The maximum atomic E-state index is 12.8. The van der Waals surface area contributed by atoms with Gasteiger partial charge in [-0.15, -0.1) is 0 Å². The molecule has 0 atom stereocenters. The zero-order chi connectivity index (χ0) is 14.5. The van der Waals surface area contributed by atoms with Crippen LogP contribution in [0.4, 0.5) is 10.1 Å². The lowest BCUT2D eigenvalue weighted by Gasteiger charge is -2.19. The molecule has 2 aromatic rings. The van der Waals surface area contributed by atoms with E-state index < -0.39 is 0 Å². The first kappa shape index (κ1) is 13.9. The molecular weight excluding hydrogens is 257 g/mol. The van der Waals surface area contributed by atoms with Crippen molar-refractivity contribution in [2.75, 3.05) is 11.9 Å². The van der Waals surface area contributed by atoms with Crippen molar-refractivity contribution in [1.82, 2.24) is 0 Å². The summed E-state index contributed by atoms with van der Waals surface area (Å²) in [6.07, 6.45) is 0. The first-order valence-electron chi connectivity index (χ1n) is 6.13. The number of benzene rings is 2. The van der Waals surface area contributed by atoms with Crippen molar-refractivity contribution in [2.45, 2.75) is 6.54 Å². The Morgan fingerprint density at radius 1 is 1.15 bits per heavy atom. The zero-order valence-corrected chi connectivity index (χ0v) is 11.1. The Morgan fingerprint density at radius 2 is 1.75 bits per heavy atom. The van der Waals surface area contributed by atoms with Crippen molar-refractivity contribution in [3.63, 3.8) is 0 Å². The SMILES string of the molecule is CN(Cc1ccc(F)cc1)c1ccc(C(N)=NO)cc1. The van der Waals surface area contributed by atoms with E-state index in [1.54, 1.807) is 24.3 Å². The van der Waals surface area contributed by atoms with Crippen LogP contribution in [-0.2, 0) is 6.54 Å². The van der Waals surface area contributed by atoms with Gasteiger partial charge in [-0.1, -0.05) is 17.3 Å². The smallest absolute Gasteiger partial charge is 0.170 e. The van der Waals surface area contributed by atoms with E-state index in [0.29, 0.717) is 12.1 Å². The van der Waals surface area contributed by atoms with Crippen LogP contribution in [0, 0.1) is 5.82 Å². The van der Waals surface area contributed by atoms with Gasteiger partial charge in [0.15, 0.2) is 5.84 Å². The molecule has 3 N–H and O–H groups in total. The number of amidine groups is 1. The van der Waals surface area contributed by atoms with E-state index in [2.05, 4.69) is 5.16 Å². The molecule has 0 saturated heterocycles. The zero-order valence-electron chi connectivity index (χ0n) is 11.1. The minimum atomic E-state index is -0.237. The molecule has 0 aliphatic carbocycles. The molecule has 20 heavy (non-hydrogen) atoms. The van der Waals surface area contributed by atoms with Crippen molar-refractivity contribution < 1.29 is 9.60 Å². The molecule has 4 nitrogen and oxygen atoms in total. The Kier molecular flexibility index (Phi) is 4.20. The van der Waals surface area contributed by atoms with Crippen LogP contribution in [0.2, 0.25) is 0 Å². The lowest BCUT2D eigenvalue weighted by molar-refractivity contribution is 0.318. The summed E-state index contributed by atoms with van der Waals surface area (Å²) in [7, 11) is 1.95. The molecule has 2 rings (SSSR count). The normalized spacial score (nSPS) is 11.4. The molecule has 0 aliphatic heterocycles. The van der Waals surface area contributed by atoms with Crippen LogP contribution < -0.4 is 10.6 Å². The largest absolute Gasteiger partial charge is 0.409 e. The van der Waals surface area contributed by atoms with E-state index in [9.17, 15) is 4.39 Å². The first-order chi connectivity index (χ1) is 9.60. The van der Waals surface area contributed by atoms with Crippen LogP contribution >= 0.6 is 0 Å². The highest BCUT2D eigenvalue weighted by atomic mass is 19.1. The molecule has 0 bridgehead atoms. The van der Waals surface area contributed by atoms with Crippen molar-refractivity contribution in [2.24, 2.45) is 10.9 Å². The second-order valence-corrected chi connectivity index (χ2v) is 4.51. The molecule has 0 amide bonds. The minimum absolute atomic E-state index is 0.0812. The average Bonchev–Trinajstić information content (AvgIpc) is 2.49. The molecule has 0 saturated carbocycles. The topological polar surface area (TPSA) is 61.8 Å². The summed E-state index contributed by atoms with van der Waals surface area (Å²) in [5, 5.41) is 11.6. The summed E-state index contributed by atoms with van der Waals surface area (Å²) in [4.78, 5) is 2.03. The van der Waals surface area contributed by atoms with Gasteiger partial charge < -0.3 is 15.8 Å². The van der Waals surface area contributed by atoms with Crippen LogP contribution in [0.3, 0.4) is 0 Å². The fraction of sp³-hybridized carbons (Fsp3) is 0.133. The fourth-order valence-corrected chi connectivity index (χ4v) is 1.90. The number of hydrogen-bond donors (Lipinski definition) is 2. The van der Waals surface area contributed by atoms with Gasteiger partial charge in [0.05, 0.1) is 0 Å². The Labute approximate surface area is 116 Å². The van der Waals surface area contributed by atoms with Gasteiger partial charge in [0.25, 0.3) is 0 Å². The van der Waals surface area contributed by atoms with E-state index in [1.807, 2.05) is 24.1 Å². The van der Waals surface area contributed by atoms with Gasteiger partial charge in [-0.25, -0.2) is 4.39 Å². The standard InChI is InChI=1S/C15H16FN3O/c1-19(10-11-2-6-13(16)7-3-11)14-8-4-12(5-9-14)15(17)18-20/h2-9,20H,10H2,1H3,(H2,17,18). The minimum Gasteiger partial charge on any atom is -0.409 e. The molecule has 0 aliphatic rings. The summed E-state index contributed by atoms with van der Waals surface area (Å²) in [6, 6.07) is 13.8. The summed E-state index contributed by atoms with van der Waals surface area (Å²) >= 11 is 0. The Balaban J connectivity index is 2.09. The third-order valence-corrected chi connectivity index (χ3v) is 3.04. The maximum Gasteiger partial charge on any atom is 0.170 e. The van der Waals surface area contributed by atoms with Crippen LogP contribution in [0.5, 0.6) is 0 Å². The lowest BCUT2D eigenvalue weighted by Crippen LogP contribution is -2.17. The summed E-state index contributed by atoms with van der Waals surface area (Å²) < 4.78 is 12.8. The number of nitrogens with two attached hydrogens (primary N) is 1. The fourth-order valence-electron chi connectivity index (χ4n) is 1.90. The van der Waals surface area contributed by atoms with Crippen molar-refractivity contribution in [1.29, 1.82) is 0 Å². The number of rotatable bonds is 4. The third kappa shape index (κ3) is 3.26. The quantitative estimate of drug-likeness (QED) is 0.389. The van der Waals surface area contributed by atoms with Crippen LogP contribution in [0.25, 0.3) is 0 Å². The highest BCUT2D eigenvalue weighted by Crippen LogP contribution is 2.16. The molecular formula is C15H16FN3O. The Bertz CT molecular complexity index is 594.